The molecule has 4 amide bonds. The van der Waals surface area contributed by atoms with E-state index >= 15 is 0 Å². The number of urea groups is 1. The van der Waals surface area contributed by atoms with Gasteiger partial charge in [-0.1, -0.05) is 27.5 Å². The number of carbonyl (C=O) groups is 3. The lowest BCUT2D eigenvalue weighted by atomic mass is 10.1. The van der Waals surface area contributed by atoms with Crippen LogP contribution in [0.3, 0.4) is 0 Å². The molecule has 0 bridgehead atoms. The van der Waals surface area contributed by atoms with Gasteiger partial charge in [-0.3, -0.25) is 19.9 Å². The number of hydrogen-bond donors (Lipinski definition) is 1. The van der Waals surface area contributed by atoms with Gasteiger partial charge >= 0.3 is 6.03 Å². The van der Waals surface area contributed by atoms with Crippen LogP contribution >= 0.6 is 50.1 Å². The zero-order chi connectivity index (χ0) is 18.8. The molecule has 0 spiro atoms. The molecule has 2 aromatic rings. The van der Waals surface area contributed by atoms with Crippen LogP contribution < -0.4 is 10.2 Å². The van der Waals surface area contributed by atoms with E-state index in [0.717, 1.165) is 12.9 Å². The quantitative estimate of drug-likeness (QED) is 0.354. The second kappa shape index (κ2) is 7.85. The summed E-state index contributed by atoms with van der Waals surface area (Å²) in [6.07, 6.45) is 1.19. The normalized spacial score (nSPS) is 17.7. The van der Waals surface area contributed by atoms with Crippen molar-refractivity contribution in [2.45, 2.75) is 0 Å². The van der Waals surface area contributed by atoms with Crippen LogP contribution in [-0.4, -0.2) is 24.1 Å². The molecule has 0 saturated carbocycles. The van der Waals surface area contributed by atoms with Gasteiger partial charge in [-0.15, -0.1) is 0 Å². The van der Waals surface area contributed by atoms with Crippen LogP contribution in [0.25, 0.3) is 0 Å². The third-order valence-corrected chi connectivity index (χ3v) is 5.07. The van der Waals surface area contributed by atoms with E-state index in [1.165, 1.54) is 6.21 Å². The molecule has 1 aliphatic rings. The van der Waals surface area contributed by atoms with Crippen molar-refractivity contribution < 1.29 is 14.4 Å². The van der Waals surface area contributed by atoms with E-state index in [4.69, 9.17) is 11.6 Å². The summed E-state index contributed by atoms with van der Waals surface area (Å²) < 4.78 is 1.73. The number of benzene rings is 2. The second-order valence-electron chi connectivity index (χ2n) is 5.30. The summed E-state index contributed by atoms with van der Waals surface area (Å²) in [5.74, 6) is -2.62. The van der Waals surface area contributed by atoms with E-state index in [9.17, 15) is 14.4 Å². The summed E-state index contributed by atoms with van der Waals surface area (Å²) in [6.45, 7) is 0. The van der Waals surface area contributed by atoms with E-state index < -0.39 is 23.8 Å². The fourth-order valence-electron chi connectivity index (χ4n) is 2.30. The van der Waals surface area contributed by atoms with Gasteiger partial charge in [-0.25, -0.2) is 9.69 Å². The summed E-state index contributed by atoms with van der Waals surface area (Å²) in [7, 11) is 0. The zero-order valence-corrected chi connectivity index (χ0v) is 17.4. The van der Waals surface area contributed by atoms with Gasteiger partial charge in [0.05, 0.1) is 16.4 Å². The third-order valence-electron chi connectivity index (χ3n) is 3.56. The Kier molecular flexibility index (Phi) is 5.73. The Morgan fingerprint density at radius 2 is 1.85 bits per heavy atom. The van der Waals surface area contributed by atoms with Crippen LogP contribution in [-0.2, 0) is 9.59 Å². The van der Waals surface area contributed by atoms with Crippen molar-refractivity contribution in [3.05, 3.63) is 55.5 Å². The number of amides is 4. The fourth-order valence-corrected chi connectivity index (χ4v) is 3.38. The first-order valence-electron chi connectivity index (χ1n) is 7.30. The smallest absolute Gasteiger partial charge is 0.276 e. The molecule has 6 nitrogen and oxygen atoms in total. The van der Waals surface area contributed by atoms with Crippen LogP contribution in [0, 0.1) is 9.49 Å². The minimum atomic E-state index is -1.23. The highest BCUT2D eigenvalue weighted by molar-refractivity contribution is 14.1. The molecule has 1 heterocycles. The lowest BCUT2D eigenvalue weighted by Crippen LogP contribution is -2.58. The molecule has 1 atom stereocenters. The number of nitrogens with one attached hydrogen (secondary N) is 1. The molecule has 132 valence electrons. The first kappa shape index (κ1) is 19.0. The Bertz CT molecular complexity index is 933. The van der Waals surface area contributed by atoms with E-state index in [-0.39, 0.29) is 0 Å². The Balaban J connectivity index is 1.90. The Morgan fingerprint density at radius 1 is 1.15 bits per heavy atom. The number of carbonyl (C=O) groups excluding carboxylic acids is 3. The van der Waals surface area contributed by atoms with Gasteiger partial charge in [0.25, 0.3) is 5.91 Å². The number of imide groups is 2. The molecule has 3 rings (SSSR count). The topological polar surface area (TPSA) is 78.8 Å². The lowest BCUT2D eigenvalue weighted by Gasteiger charge is -2.28. The molecule has 2 aromatic carbocycles. The van der Waals surface area contributed by atoms with Crippen LogP contribution in [0.2, 0.25) is 5.02 Å². The molecule has 0 aromatic heterocycles. The van der Waals surface area contributed by atoms with Gasteiger partial charge < -0.3 is 0 Å². The minimum absolute atomic E-state index is 0.366. The van der Waals surface area contributed by atoms with Crippen molar-refractivity contribution in [1.29, 1.82) is 0 Å². The van der Waals surface area contributed by atoms with E-state index in [1.807, 2.05) is 0 Å². The number of hydrogen-bond acceptors (Lipinski definition) is 4. The van der Waals surface area contributed by atoms with Gasteiger partial charge in [0.1, 0.15) is 0 Å². The molecule has 0 aliphatic carbocycles. The number of nitrogens with zero attached hydrogens (tertiary/aromatic N) is 2. The largest absolute Gasteiger partial charge is 0.335 e. The SMILES string of the molecule is O=C1NC(=O)N(c2ccc(I)cc2)C(=O)[C@@H]1C=Nc1ccc(Br)cc1Cl. The highest BCUT2D eigenvalue weighted by Gasteiger charge is 2.40. The van der Waals surface area contributed by atoms with Gasteiger partial charge in [0.2, 0.25) is 5.91 Å². The van der Waals surface area contributed by atoms with Crippen molar-refractivity contribution in [1.82, 2.24) is 5.32 Å². The van der Waals surface area contributed by atoms with Crippen LogP contribution in [0.4, 0.5) is 16.2 Å². The second-order valence-corrected chi connectivity index (χ2v) is 7.86. The number of aliphatic imine (C=N–C) groups is 1. The summed E-state index contributed by atoms with van der Waals surface area (Å²) in [6, 6.07) is 11.0. The predicted molar refractivity (Wildman–Crippen MR) is 111 cm³/mol. The van der Waals surface area contributed by atoms with Gasteiger partial charge in [-0.05, 0) is 65.1 Å². The molecule has 1 aliphatic heterocycles. The van der Waals surface area contributed by atoms with Gasteiger partial charge in [-0.2, -0.15) is 0 Å². The number of barbiturate groups is 1. The summed E-state index contributed by atoms with van der Waals surface area (Å²) in [4.78, 5) is 42.0. The van der Waals surface area contributed by atoms with Crippen molar-refractivity contribution in [3.63, 3.8) is 0 Å². The molecule has 1 saturated heterocycles. The van der Waals surface area contributed by atoms with E-state index in [2.05, 4.69) is 48.8 Å². The number of rotatable bonds is 3. The van der Waals surface area contributed by atoms with Crippen LogP contribution in [0.15, 0.2) is 51.9 Å². The van der Waals surface area contributed by atoms with E-state index in [0.29, 0.717) is 16.4 Å². The van der Waals surface area contributed by atoms with E-state index in [1.54, 1.807) is 42.5 Å². The van der Waals surface area contributed by atoms with Gasteiger partial charge in [0.15, 0.2) is 5.92 Å². The highest BCUT2D eigenvalue weighted by Crippen LogP contribution is 2.28. The molecule has 9 heteroatoms. The highest BCUT2D eigenvalue weighted by atomic mass is 127. The Labute approximate surface area is 175 Å². The van der Waals surface area contributed by atoms with Crippen molar-refractivity contribution in [2.24, 2.45) is 10.9 Å². The lowest BCUT2D eigenvalue weighted by molar-refractivity contribution is -0.131. The maximum Gasteiger partial charge on any atom is 0.335 e. The molecule has 0 radical (unpaired) electrons. The molecular formula is C17H10BrClIN3O3. The standard InChI is InChI=1S/C17H10BrClIN3O3/c18-9-1-6-14(13(19)7-9)21-8-12-15(24)22-17(26)23(16(12)25)11-4-2-10(20)3-5-11/h1-8,12H,(H,22,24,26)/t12-/m1/s1. The summed E-state index contributed by atoms with van der Waals surface area (Å²) >= 11 is 11.5. The van der Waals surface area contributed by atoms with Crippen molar-refractivity contribution in [2.75, 3.05) is 4.90 Å². The molecule has 26 heavy (non-hydrogen) atoms. The predicted octanol–water partition coefficient (Wildman–Crippen LogP) is 4.31. The average Bonchev–Trinajstić information content (AvgIpc) is 2.57. The van der Waals surface area contributed by atoms with Crippen LogP contribution in [0.5, 0.6) is 0 Å². The first-order valence-corrected chi connectivity index (χ1v) is 9.55. The monoisotopic (exact) mass is 545 g/mol. The Hall–Kier alpha value is -1.78. The average molecular weight is 547 g/mol. The third kappa shape index (κ3) is 3.97. The molecule has 0 unspecified atom stereocenters. The zero-order valence-electron chi connectivity index (χ0n) is 12.9. The maximum atomic E-state index is 12.7. The maximum absolute atomic E-state index is 12.7. The van der Waals surface area contributed by atoms with Crippen molar-refractivity contribution >= 4 is 85.6 Å². The molecule has 1 fully saturated rings. The Morgan fingerprint density at radius 3 is 2.50 bits per heavy atom. The molecule has 1 N–H and O–H groups in total. The summed E-state index contributed by atoms with van der Waals surface area (Å²) in [5.41, 5.74) is 0.786. The number of halogens is 3. The van der Waals surface area contributed by atoms with Crippen molar-refractivity contribution in [3.8, 4) is 0 Å². The van der Waals surface area contributed by atoms with Gasteiger partial charge in [0, 0.05) is 14.3 Å². The summed E-state index contributed by atoms with van der Waals surface area (Å²) in [5, 5.41) is 2.54. The minimum Gasteiger partial charge on any atom is -0.276 e. The fraction of sp³-hybridized carbons (Fsp3) is 0.0588. The first-order chi connectivity index (χ1) is 12.4. The van der Waals surface area contributed by atoms with Crippen LogP contribution in [0.1, 0.15) is 0 Å². The number of anilines is 1. The molecular weight excluding hydrogens is 536 g/mol.